The third-order valence-electron chi connectivity index (χ3n) is 4.98. The Balaban J connectivity index is 1.58. The molecule has 0 bridgehead atoms. The van der Waals surface area contributed by atoms with Crippen molar-refractivity contribution in [2.45, 2.75) is 24.7 Å². The smallest absolute Gasteiger partial charge is 0.281 e. The van der Waals surface area contributed by atoms with E-state index in [0.29, 0.717) is 37.7 Å². The molecule has 2 amide bonds. The largest absolute Gasteiger partial charge is 0.381 e. The fourth-order valence-electron chi connectivity index (χ4n) is 3.35. The number of rotatable bonds is 6. The van der Waals surface area contributed by atoms with Gasteiger partial charge in [-0.05, 0) is 30.5 Å². The van der Waals surface area contributed by atoms with Crippen molar-refractivity contribution < 1.29 is 14.3 Å². The van der Waals surface area contributed by atoms with E-state index in [1.165, 1.54) is 17.3 Å². The van der Waals surface area contributed by atoms with Gasteiger partial charge in [-0.25, -0.2) is 0 Å². The lowest BCUT2D eigenvalue weighted by Gasteiger charge is -2.38. The molecule has 0 spiro atoms. The molecule has 136 valence electrons. The molecule has 2 aliphatic rings. The van der Waals surface area contributed by atoms with Crippen LogP contribution in [0.3, 0.4) is 0 Å². The maximum absolute atomic E-state index is 12.3. The average Bonchev–Trinajstić information content (AvgIpc) is 3.04. The zero-order valence-corrected chi connectivity index (χ0v) is 15.7. The van der Waals surface area contributed by atoms with Crippen LogP contribution in [0.1, 0.15) is 24.8 Å². The zero-order chi connectivity index (χ0) is 17.7. The molecule has 0 saturated carbocycles. The first-order chi connectivity index (χ1) is 12.1. The van der Waals surface area contributed by atoms with E-state index in [-0.39, 0.29) is 16.6 Å². The summed E-state index contributed by atoms with van der Waals surface area (Å²) in [6.45, 7) is 3.20. The van der Waals surface area contributed by atoms with E-state index in [0.717, 1.165) is 25.1 Å². The van der Waals surface area contributed by atoms with Gasteiger partial charge in [-0.3, -0.25) is 9.59 Å². The molecule has 0 aromatic heterocycles. The van der Waals surface area contributed by atoms with Crippen LogP contribution in [-0.2, 0) is 14.9 Å². The highest BCUT2D eigenvalue weighted by Gasteiger charge is 2.35. The molecule has 2 heterocycles. The molecule has 2 fully saturated rings. The highest BCUT2D eigenvalue weighted by atomic mass is 35.5. The molecular formula is C18H23ClN2O3S. The minimum atomic E-state index is -0.113. The van der Waals surface area contributed by atoms with Crippen LogP contribution in [-0.4, -0.2) is 54.6 Å². The van der Waals surface area contributed by atoms with E-state index >= 15 is 0 Å². The molecule has 2 aliphatic heterocycles. The van der Waals surface area contributed by atoms with Crippen molar-refractivity contribution in [1.29, 1.82) is 0 Å². The lowest BCUT2D eigenvalue weighted by Crippen LogP contribution is -2.45. The fourth-order valence-corrected chi connectivity index (χ4v) is 4.33. The van der Waals surface area contributed by atoms with Gasteiger partial charge in [0.25, 0.3) is 5.24 Å². The lowest BCUT2D eigenvalue weighted by molar-refractivity contribution is -0.121. The van der Waals surface area contributed by atoms with Gasteiger partial charge in [-0.1, -0.05) is 35.5 Å². The van der Waals surface area contributed by atoms with Gasteiger partial charge in [-0.15, -0.1) is 0 Å². The molecule has 1 aromatic rings. The minimum absolute atomic E-state index is 0.00969. The van der Waals surface area contributed by atoms with Crippen molar-refractivity contribution in [2.24, 2.45) is 0 Å². The normalized spacial score (nSPS) is 19.9. The van der Waals surface area contributed by atoms with Gasteiger partial charge in [0.05, 0.1) is 0 Å². The monoisotopic (exact) mass is 382 g/mol. The van der Waals surface area contributed by atoms with Gasteiger partial charge >= 0.3 is 0 Å². The van der Waals surface area contributed by atoms with Crippen LogP contribution in [0.2, 0.25) is 5.02 Å². The molecule has 1 aromatic carbocycles. The summed E-state index contributed by atoms with van der Waals surface area (Å²) in [6, 6.07) is 7.87. The Labute approximate surface area is 157 Å². The van der Waals surface area contributed by atoms with Crippen LogP contribution >= 0.6 is 23.4 Å². The van der Waals surface area contributed by atoms with E-state index in [1.807, 2.05) is 24.3 Å². The third-order valence-corrected chi connectivity index (χ3v) is 6.13. The Hall–Kier alpha value is -1.24. The molecule has 2 saturated heterocycles. The van der Waals surface area contributed by atoms with Crippen LogP contribution in [0.25, 0.3) is 0 Å². The number of hydrogen-bond acceptors (Lipinski definition) is 4. The van der Waals surface area contributed by atoms with E-state index < -0.39 is 0 Å². The van der Waals surface area contributed by atoms with E-state index in [9.17, 15) is 9.59 Å². The first-order valence-electron chi connectivity index (χ1n) is 8.61. The standard InChI is InChI=1S/C18H23ClN2O3S/c19-15-3-1-14(2-4-15)18(6-10-24-11-7-18)13-20-16(22)5-8-21-9-12-25-17(21)23/h1-4H,5-13H2,(H,20,22). The number of benzene rings is 1. The number of carbonyl (C=O) groups is 2. The molecule has 3 rings (SSSR count). The number of ether oxygens (including phenoxy) is 1. The number of nitrogens with zero attached hydrogens (tertiary/aromatic N) is 1. The highest BCUT2D eigenvalue weighted by molar-refractivity contribution is 8.13. The Kier molecular flexibility index (Phi) is 6.25. The zero-order valence-electron chi connectivity index (χ0n) is 14.1. The first kappa shape index (κ1) is 18.5. The second kappa shape index (κ2) is 8.43. The summed E-state index contributed by atoms with van der Waals surface area (Å²) in [5, 5.41) is 3.86. The third kappa shape index (κ3) is 4.68. The molecule has 0 unspecified atom stereocenters. The molecule has 5 nitrogen and oxygen atoms in total. The maximum atomic E-state index is 12.3. The number of halogens is 1. The summed E-state index contributed by atoms with van der Waals surface area (Å²) in [4.78, 5) is 25.6. The summed E-state index contributed by atoms with van der Waals surface area (Å²) in [5.41, 5.74) is 1.07. The van der Waals surface area contributed by atoms with Crippen molar-refractivity contribution in [3.8, 4) is 0 Å². The summed E-state index contributed by atoms with van der Waals surface area (Å²) < 4.78 is 5.52. The van der Waals surface area contributed by atoms with Crippen molar-refractivity contribution in [2.75, 3.05) is 38.6 Å². The molecule has 1 N–H and O–H groups in total. The quantitative estimate of drug-likeness (QED) is 0.821. The number of nitrogens with one attached hydrogen (secondary N) is 1. The van der Waals surface area contributed by atoms with Crippen LogP contribution in [0.5, 0.6) is 0 Å². The van der Waals surface area contributed by atoms with Gasteiger partial charge < -0.3 is 15.0 Å². The van der Waals surface area contributed by atoms with Gasteiger partial charge in [0, 0.05) is 55.5 Å². The van der Waals surface area contributed by atoms with Gasteiger partial charge in [0.2, 0.25) is 5.91 Å². The molecule has 0 aliphatic carbocycles. The second-order valence-corrected chi connectivity index (χ2v) is 8.01. The van der Waals surface area contributed by atoms with Crippen LogP contribution in [0.4, 0.5) is 4.79 Å². The molecule has 25 heavy (non-hydrogen) atoms. The number of hydrogen-bond donors (Lipinski definition) is 1. The minimum Gasteiger partial charge on any atom is -0.381 e. The highest BCUT2D eigenvalue weighted by Crippen LogP contribution is 2.35. The maximum Gasteiger partial charge on any atom is 0.281 e. The van der Waals surface area contributed by atoms with Gasteiger partial charge in [0.1, 0.15) is 0 Å². The van der Waals surface area contributed by atoms with Gasteiger partial charge in [-0.2, -0.15) is 0 Å². The van der Waals surface area contributed by atoms with Gasteiger partial charge in [0.15, 0.2) is 0 Å². The fraction of sp³-hybridized carbons (Fsp3) is 0.556. The van der Waals surface area contributed by atoms with Crippen molar-refractivity contribution in [3.05, 3.63) is 34.9 Å². The topological polar surface area (TPSA) is 58.6 Å². The summed E-state index contributed by atoms with van der Waals surface area (Å²) >= 11 is 7.33. The number of carbonyl (C=O) groups excluding carboxylic acids is 2. The lowest BCUT2D eigenvalue weighted by atomic mass is 9.74. The van der Waals surface area contributed by atoms with E-state index in [2.05, 4.69) is 5.32 Å². The Bertz CT molecular complexity index is 617. The summed E-state index contributed by atoms with van der Waals surface area (Å²) in [6.07, 6.45) is 2.09. The Morgan fingerprint density at radius 2 is 2.00 bits per heavy atom. The second-order valence-electron chi connectivity index (χ2n) is 6.53. The van der Waals surface area contributed by atoms with Crippen molar-refractivity contribution in [1.82, 2.24) is 10.2 Å². The first-order valence-corrected chi connectivity index (χ1v) is 9.98. The van der Waals surface area contributed by atoms with Crippen LogP contribution in [0.15, 0.2) is 24.3 Å². The predicted molar refractivity (Wildman–Crippen MR) is 100 cm³/mol. The molecular weight excluding hydrogens is 360 g/mol. The SMILES string of the molecule is O=C(CCN1CCSC1=O)NCC1(c2ccc(Cl)cc2)CCOCC1. The average molecular weight is 383 g/mol. The Morgan fingerprint density at radius 1 is 1.28 bits per heavy atom. The molecule has 7 heteroatoms. The molecule has 0 atom stereocenters. The number of amides is 2. The predicted octanol–water partition coefficient (Wildman–Crippen LogP) is 3.06. The van der Waals surface area contributed by atoms with Crippen LogP contribution < -0.4 is 5.32 Å². The van der Waals surface area contributed by atoms with Crippen LogP contribution in [0, 0.1) is 0 Å². The van der Waals surface area contributed by atoms with Crippen molar-refractivity contribution in [3.63, 3.8) is 0 Å². The summed E-state index contributed by atoms with van der Waals surface area (Å²) in [5.74, 6) is 0.810. The van der Waals surface area contributed by atoms with Crippen molar-refractivity contribution >= 4 is 34.5 Å². The molecule has 0 radical (unpaired) electrons. The van der Waals surface area contributed by atoms with E-state index in [4.69, 9.17) is 16.3 Å². The Morgan fingerprint density at radius 3 is 2.64 bits per heavy atom. The number of thioether (sulfide) groups is 1. The van der Waals surface area contributed by atoms with E-state index in [1.54, 1.807) is 4.90 Å². The summed E-state index contributed by atoms with van der Waals surface area (Å²) in [7, 11) is 0.